The van der Waals surface area contributed by atoms with Crippen molar-refractivity contribution >= 4 is 38.8 Å². The minimum atomic E-state index is -1.01. The molecule has 0 radical (unpaired) electrons. The molecule has 1 aromatic carbocycles. The van der Waals surface area contributed by atoms with Gasteiger partial charge in [-0.2, -0.15) is 0 Å². The predicted molar refractivity (Wildman–Crippen MR) is 122 cm³/mol. The summed E-state index contributed by atoms with van der Waals surface area (Å²) in [5, 5.41) is 3.26. The number of hydrogen-bond acceptors (Lipinski definition) is 3. The van der Waals surface area contributed by atoms with Crippen LogP contribution in [0.15, 0.2) is 51.6 Å². The van der Waals surface area contributed by atoms with Crippen LogP contribution in [0.5, 0.6) is 0 Å². The molecule has 1 N–H and O–H groups in total. The molecule has 0 spiro atoms. The molecule has 2 amide bonds. The predicted octanol–water partition coefficient (Wildman–Crippen LogP) is 4.86. The Kier molecular flexibility index (Phi) is 5.16. The lowest BCUT2D eigenvalue weighted by Gasteiger charge is -2.44. The van der Waals surface area contributed by atoms with Gasteiger partial charge >= 0.3 is 0 Å². The van der Waals surface area contributed by atoms with Crippen LogP contribution in [0, 0.1) is 0 Å². The van der Waals surface area contributed by atoms with Crippen molar-refractivity contribution in [1.29, 1.82) is 0 Å². The number of nitrogens with zero attached hydrogens (tertiary/aromatic N) is 2. The molecule has 6 nitrogen and oxygen atoms in total. The summed E-state index contributed by atoms with van der Waals surface area (Å²) in [4.78, 5) is 29.0. The number of benzene rings is 1. The second-order valence-electron chi connectivity index (χ2n) is 8.89. The maximum Gasteiger partial charge on any atom is 0.271 e. The Hall–Kier alpha value is -2.54. The topological polar surface area (TPSA) is 67.5 Å². The van der Waals surface area contributed by atoms with Gasteiger partial charge in [0.05, 0.1) is 18.3 Å². The summed E-state index contributed by atoms with van der Waals surface area (Å²) in [6.45, 7) is 2.64. The van der Waals surface area contributed by atoms with Crippen molar-refractivity contribution in [3.63, 3.8) is 0 Å². The quantitative estimate of drug-likeness (QED) is 0.575. The summed E-state index contributed by atoms with van der Waals surface area (Å²) < 4.78 is 8.42. The van der Waals surface area contributed by atoms with E-state index in [1.54, 1.807) is 17.2 Å². The van der Waals surface area contributed by atoms with Gasteiger partial charge in [0.1, 0.15) is 11.2 Å². The molecular weight excluding hydrogens is 458 g/mol. The first-order valence-corrected chi connectivity index (χ1v) is 11.7. The number of carbonyl (C=O) groups excluding carboxylic acids is 2. The lowest BCUT2D eigenvalue weighted by molar-refractivity contribution is -0.134. The molecule has 0 bridgehead atoms. The molecule has 2 aromatic heterocycles. The summed E-state index contributed by atoms with van der Waals surface area (Å²) in [5.74, 6) is -0.238. The Balaban J connectivity index is 1.53. The maximum absolute atomic E-state index is 13.7. The van der Waals surface area contributed by atoms with Crippen LogP contribution in [0.2, 0.25) is 0 Å². The highest BCUT2D eigenvalue weighted by Gasteiger charge is 2.48. The summed E-state index contributed by atoms with van der Waals surface area (Å²) in [5.41, 5.74) is 2.05. The van der Waals surface area contributed by atoms with Crippen molar-refractivity contribution in [3.05, 3.63) is 58.4 Å². The van der Waals surface area contributed by atoms with E-state index in [1.807, 2.05) is 41.8 Å². The molecule has 3 aromatic rings. The van der Waals surface area contributed by atoms with Crippen molar-refractivity contribution < 1.29 is 14.0 Å². The number of halogens is 1. The van der Waals surface area contributed by atoms with E-state index < -0.39 is 5.54 Å². The number of rotatable bonds is 4. The fourth-order valence-corrected chi connectivity index (χ4v) is 5.37. The van der Waals surface area contributed by atoms with E-state index in [-0.39, 0.29) is 17.9 Å². The van der Waals surface area contributed by atoms with E-state index in [1.165, 1.54) is 6.42 Å². The molecule has 2 aliphatic rings. The van der Waals surface area contributed by atoms with Crippen molar-refractivity contribution in [2.45, 2.75) is 63.7 Å². The fraction of sp³-hybridized carbons (Fsp3) is 0.417. The third-order valence-electron chi connectivity index (χ3n) is 6.71. The smallest absolute Gasteiger partial charge is 0.271 e. The minimum absolute atomic E-state index is 0.0845. The van der Waals surface area contributed by atoms with Gasteiger partial charge in [-0.3, -0.25) is 9.59 Å². The number of furan rings is 1. The number of aromatic nitrogens is 1. The summed E-state index contributed by atoms with van der Waals surface area (Å²) in [7, 11) is 0. The SMILES string of the molecule is C[C@]1(C(=O)NC2CCCCC2)Cn2c(cc3occc32)C(=O)N1Cc1cccc(Br)c1. The molecule has 1 atom stereocenters. The van der Waals surface area contributed by atoms with Crippen molar-refractivity contribution in [1.82, 2.24) is 14.8 Å². The van der Waals surface area contributed by atoms with E-state index in [9.17, 15) is 9.59 Å². The minimum Gasteiger partial charge on any atom is -0.463 e. The molecule has 31 heavy (non-hydrogen) atoms. The monoisotopic (exact) mass is 483 g/mol. The molecule has 162 valence electrons. The third-order valence-corrected chi connectivity index (χ3v) is 7.20. The second kappa shape index (κ2) is 7.86. The number of nitrogens with one attached hydrogen (secondary N) is 1. The zero-order chi connectivity index (χ0) is 21.6. The van der Waals surface area contributed by atoms with Crippen molar-refractivity contribution in [2.75, 3.05) is 0 Å². The first-order chi connectivity index (χ1) is 15.0. The molecule has 0 saturated heterocycles. The second-order valence-corrected chi connectivity index (χ2v) is 9.80. The van der Waals surface area contributed by atoms with Crippen LogP contribution in [0.25, 0.3) is 11.1 Å². The van der Waals surface area contributed by atoms with Gasteiger partial charge < -0.3 is 19.2 Å². The Morgan fingerprint density at radius 2 is 2.03 bits per heavy atom. The average molecular weight is 484 g/mol. The molecule has 1 aliphatic carbocycles. The first kappa shape index (κ1) is 20.4. The zero-order valence-electron chi connectivity index (χ0n) is 17.6. The molecule has 0 unspecified atom stereocenters. The summed E-state index contributed by atoms with van der Waals surface area (Å²) in [6, 6.07) is 11.7. The Morgan fingerprint density at radius 1 is 1.23 bits per heavy atom. The highest BCUT2D eigenvalue weighted by atomic mass is 79.9. The van der Waals surface area contributed by atoms with Crippen molar-refractivity contribution in [2.24, 2.45) is 0 Å². The van der Waals surface area contributed by atoms with Crippen LogP contribution in [-0.2, 0) is 17.9 Å². The van der Waals surface area contributed by atoms with Gasteiger partial charge in [0, 0.05) is 29.2 Å². The number of hydrogen-bond donors (Lipinski definition) is 1. The van der Waals surface area contributed by atoms with E-state index >= 15 is 0 Å². The lowest BCUT2D eigenvalue weighted by atomic mass is 9.91. The highest BCUT2D eigenvalue weighted by Crippen LogP contribution is 2.34. The Morgan fingerprint density at radius 3 is 2.81 bits per heavy atom. The van der Waals surface area contributed by atoms with Crippen molar-refractivity contribution in [3.8, 4) is 0 Å². The van der Waals surface area contributed by atoms with Crippen LogP contribution in [0.1, 0.15) is 55.1 Å². The molecular formula is C24H26BrN3O3. The number of carbonyl (C=O) groups is 2. The molecule has 3 heterocycles. The molecule has 5 rings (SSSR count). The van der Waals surface area contributed by atoms with Crippen LogP contribution < -0.4 is 5.32 Å². The van der Waals surface area contributed by atoms with E-state index in [4.69, 9.17) is 4.42 Å². The fourth-order valence-electron chi connectivity index (χ4n) is 4.93. The van der Waals surface area contributed by atoms with E-state index in [0.717, 1.165) is 41.2 Å². The van der Waals surface area contributed by atoms with Gasteiger partial charge in [-0.25, -0.2) is 0 Å². The third kappa shape index (κ3) is 3.59. The number of amides is 2. The molecule has 7 heteroatoms. The van der Waals surface area contributed by atoms with Gasteiger partial charge in [0.2, 0.25) is 5.91 Å². The first-order valence-electron chi connectivity index (χ1n) is 10.9. The zero-order valence-corrected chi connectivity index (χ0v) is 19.2. The van der Waals surface area contributed by atoms with Crippen LogP contribution in [0.3, 0.4) is 0 Å². The molecule has 1 saturated carbocycles. The largest absolute Gasteiger partial charge is 0.463 e. The van der Waals surface area contributed by atoms with Gasteiger partial charge in [-0.15, -0.1) is 0 Å². The standard InChI is InChI=1S/C24H26BrN3O3/c1-24(23(30)26-18-8-3-2-4-9-18)15-27-19-10-11-31-21(19)13-20(27)22(29)28(24)14-16-6-5-7-17(25)12-16/h5-7,10-13,18H,2-4,8-9,14-15H2,1H3,(H,26,30)/t24-/m1/s1. The van der Waals surface area contributed by atoms with Gasteiger partial charge in [0.15, 0.2) is 5.58 Å². The summed E-state index contributed by atoms with van der Waals surface area (Å²) >= 11 is 3.51. The van der Waals surface area contributed by atoms with Crippen LogP contribution in [0.4, 0.5) is 0 Å². The molecule has 1 fully saturated rings. The van der Waals surface area contributed by atoms with Gasteiger partial charge in [0.25, 0.3) is 5.91 Å². The lowest BCUT2D eigenvalue weighted by Crippen LogP contribution is -2.64. The maximum atomic E-state index is 13.7. The number of fused-ring (bicyclic) bond motifs is 3. The van der Waals surface area contributed by atoms with Crippen LogP contribution >= 0.6 is 15.9 Å². The average Bonchev–Trinajstić information content (AvgIpc) is 3.34. The van der Waals surface area contributed by atoms with E-state index in [2.05, 4.69) is 21.2 Å². The Bertz CT molecular complexity index is 1140. The van der Waals surface area contributed by atoms with Crippen LogP contribution in [-0.4, -0.2) is 32.9 Å². The highest BCUT2D eigenvalue weighted by molar-refractivity contribution is 9.10. The molecule has 1 aliphatic heterocycles. The normalized spacial score (nSPS) is 22.0. The summed E-state index contributed by atoms with van der Waals surface area (Å²) in [6.07, 6.45) is 7.13. The van der Waals surface area contributed by atoms with Gasteiger partial charge in [-0.05, 0) is 37.5 Å². The Labute approximate surface area is 189 Å². The van der Waals surface area contributed by atoms with E-state index in [0.29, 0.717) is 24.4 Å². The van der Waals surface area contributed by atoms with Gasteiger partial charge in [-0.1, -0.05) is 47.3 Å².